The predicted molar refractivity (Wildman–Crippen MR) is 109 cm³/mol. The Morgan fingerprint density at radius 3 is 2.46 bits per heavy atom. The summed E-state index contributed by atoms with van der Waals surface area (Å²) in [6.07, 6.45) is 0. The van der Waals surface area contributed by atoms with Crippen molar-refractivity contribution in [2.45, 2.75) is 30.9 Å². The molecule has 0 bridgehead atoms. The molecular formula is C21H26N2O2S. The van der Waals surface area contributed by atoms with Crippen molar-refractivity contribution in [3.63, 3.8) is 0 Å². The summed E-state index contributed by atoms with van der Waals surface area (Å²) >= 11 is 1.60. The van der Waals surface area contributed by atoms with Gasteiger partial charge in [-0.2, -0.15) is 0 Å². The first-order valence-corrected chi connectivity index (χ1v) is 9.88. The third-order valence-electron chi connectivity index (χ3n) is 4.51. The lowest BCUT2D eigenvalue weighted by Gasteiger charge is -2.29. The van der Waals surface area contributed by atoms with Crippen LogP contribution in [0.25, 0.3) is 0 Å². The molecule has 0 saturated carbocycles. The van der Waals surface area contributed by atoms with E-state index in [2.05, 4.69) is 54.4 Å². The van der Waals surface area contributed by atoms with Gasteiger partial charge in [0.1, 0.15) is 0 Å². The number of anilines is 2. The number of benzene rings is 2. The largest absolute Gasteiger partial charge is 0.378 e. The van der Waals surface area contributed by atoms with Crippen LogP contribution < -0.4 is 10.2 Å². The highest BCUT2D eigenvalue weighted by atomic mass is 32.2. The Bertz CT molecular complexity index is 755. The quantitative estimate of drug-likeness (QED) is 0.799. The second-order valence-corrected chi connectivity index (χ2v) is 8.05. The summed E-state index contributed by atoms with van der Waals surface area (Å²) in [5.74, 6) is 0.0223. The number of hydrogen-bond donors (Lipinski definition) is 1. The van der Waals surface area contributed by atoms with Gasteiger partial charge in [-0.25, -0.2) is 0 Å². The molecule has 0 aliphatic carbocycles. The van der Waals surface area contributed by atoms with E-state index in [9.17, 15) is 4.79 Å². The zero-order valence-corrected chi connectivity index (χ0v) is 16.4. The monoisotopic (exact) mass is 370 g/mol. The van der Waals surface area contributed by atoms with E-state index in [1.807, 2.05) is 19.1 Å². The van der Waals surface area contributed by atoms with Crippen molar-refractivity contribution in [2.75, 3.05) is 36.5 Å². The molecule has 0 radical (unpaired) electrons. The maximum Gasteiger partial charge on any atom is 0.237 e. The Morgan fingerprint density at radius 1 is 1.12 bits per heavy atom. The van der Waals surface area contributed by atoms with Gasteiger partial charge in [-0.15, -0.1) is 11.8 Å². The van der Waals surface area contributed by atoms with Gasteiger partial charge in [-0.3, -0.25) is 4.79 Å². The fraction of sp³-hybridized carbons (Fsp3) is 0.381. The minimum Gasteiger partial charge on any atom is -0.378 e. The second kappa shape index (κ2) is 8.60. The number of nitrogens with zero attached hydrogens (tertiary/aromatic N) is 1. The molecule has 0 spiro atoms. The summed E-state index contributed by atoms with van der Waals surface area (Å²) in [4.78, 5) is 16.0. The number of carbonyl (C=O) groups excluding carboxylic acids is 1. The lowest BCUT2D eigenvalue weighted by Crippen LogP contribution is -2.36. The van der Waals surface area contributed by atoms with Crippen molar-refractivity contribution in [2.24, 2.45) is 0 Å². The number of thioether (sulfide) groups is 1. The zero-order valence-electron chi connectivity index (χ0n) is 15.6. The van der Waals surface area contributed by atoms with Gasteiger partial charge >= 0.3 is 0 Å². The van der Waals surface area contributed by atoms with Crippen LogP contribution in [0.5, 0.6) is 0 Å². The normalized spacial score (nSPS) is 15.6. The number of hydrogen-bond acceptors (Lipinski definition) is 4. The lowest BCUT2D eigenvalue weighted by molar-refractivity contribution is -0.115. The standard InChI is InChI=1S/C21H26N2O2S/c1-15-4-9-20(16(2)14-15)26-17(3)21(24)22-18-5-7-19(8-6-18)23-10-12-25-13-11-23/h4-9,14,17H,10-13H2,1-3H3,(H,22,24)/t17-/m1/s1. The van der Waals surface area contributed by atoms with Crippen molar-refractivity contribution in [3.8, 4) is 0 Å². The average molecular weight is 371 g/mol. The minimum absolute atomic E-state index is 0.0223. The van der Waals surface area contributed by atoms with E-state index >= 15 is 0 Å². The van der Waals surface area contributed by atoms with E-state index < -0.39 is 0 Å². The molecule has 3 rings (SSSR count). The van der Waals surface area contributed by atoms with Crippen LogP contribution in [0.15, 0.2) is 47.4 Å². The fourth-order valence-corrected chi connectivity index (χ4v) is 3.93. The highest BCUT2D eigenvalue weighted by molar-refractivity contribution is 8.00. The van der Waals surface area contributed by atoms with Crippen molar-refractivity contribution in [3.05, 3.63) is 53.6 Å². The molecule has 2 aromatic carbocycles. The number of rotatable bonds is 5. The molecule has 1 saturated heterocycles. The van der Waals surface area contributed by atoms with E-state index in [0.29, 0.717) is 0 Å². The number of carbonyl (C=O) groups is 1. The van der Waals surface area contributed by atoms with Crippen LogP contribution >= 0.6 is 11.8 Å². The number of morpholine rings is 1. The number of ether oxygens (including phenoxy) is 1. The first-order valence-electron chi connectivity index (χ1n) is 9.00. The van der Waals surface area contributed by atoms with Crippen LogP contribution in [0, 0.1) is 13.8 Å². The summed E-state index contributed by atoms with van der Waals surface area (Å²) in [6.45, 7) is 9.48. The Morgan fingerprint density at radius 2 is 1.81 bits per heavy atom. The third-order valence-corrected chi connectivity index (χ3v) is 5.79. The fourth-order valence-electron chi connectivity index (χ4n) is 3.00. The van der Waals surface area contributed by atoms with Gasteiger partial charge in [0.05, 0.1) is 18.5 Å². The van der Waals surface area contributed by atoms with Crippen molar-refractivity contribution < 1.29 is 9.53 Å². The van der Waals surface area contributed by atoms with E-state index in [4.69, 9.17) is 4.74 Å². The van der Waals surface area contributed by atoms with Gasteiger partial charge in [0, 0.05) is 29.4 Å². The van der Waals surface area contributed by atoms with Gasteiger partial charge in [0.15, 0.2) is 0 Å². The Hall–Kier alpha value is -1.98. The van der Waals surface area contributed by atoms with Crippen molar-refractivity contribution >= 4 is 29.0 Å². The van der Waals surface area contributed by atoms with E-state index in [-0.39, 0.29) is 11.2 Å². The molecule has 1 fully saturated rings. The molecule has 1 N–H and O–H groups in total. The van der Waals surface area contributed by atoms with Crippen LogP contribution in [-0.4, -0.2) is 37.5 Å². The molecule has 1 atom stereocenters. The maximum absolute atomic E-state index is 12.5. The smallest absolute Gasteiger partial charge is 0.237 e. The van der Waals surface area contributed by atoms with Gasteiger partial charge in [-0.05, 0) is 56.7 Å². The van der Waals surface area contributed by atoms with E-state index in [0.717, 1.165) is 36.9 Å². The first-order chi connectivity index (χ1) is 12.5. The Labute approximate surface area is 159 Å². The number of amides is 1. The highest BCUT2D eigenvalue weighted by Gasteiger charge is 2.16. The molecule has 138 valence electrons. The molecule has 5 heteroatoms. The molecular weight excluding hydrogens is 344 g/mol. The predicted octanol–water partition coefficient (Wildman–Crippen LogP) is 4.26. The molecule has 2 aromatic rings. The molecule has 1 aliphatic heterocycles. The van der Waals surface area contributed by atoms with E-state index in [1.165, 1.54) is 16.8 Å². The second-order valence-electron chi connectivity index (χ2n) is 6.66. The molecule has 4 nitrogen and oxygen atoms in total. The van der Waals surface area contributed by atoms with Crippen LogP contribution in [-0.2, 0) is 9.53 Å². The van der Waals surface area contributed by atoms with Crippen LogP contribution in [0.1, 0.15) is 18.1 Å². The van der Waals surface area contributed by atoms with Crippen LogP contribution in [0.4, 0.5) is 11.4 Å². The molecule has 1 heterocycles. The SMILES string of the molecule is Cc1ccc(S[C@H](C)C(=O)Nc2ccc(N3CCOCC3)cc2)c(C)c1. The highest BCUT2D eigenvalue weighted by Crippen LogP contribution is 2.28. The minimum atomic E-state index is -0.157. The maximum atomic E-state index is 12.5. The molecule has 1 amide bonds. The Kier molecular flexibility index (Phi) is 6.22. The average Bonchev–Trinajstić information content (AvgIpc) is 2.65. The summed E-state index contributed by atoms with van der Waals surface area (Å²) < 4.78 is 5.39. The number of nitrogens with one attached hydrogen (secondary N) is 1. The number of aryl methyl sites for hydroxylation is 2. The van der Waals surface area contributed by atoms with Crippen molar-refractivity contribution in [1.29, 1.82) is 0 Å². The molecule has 26 heavy (non-hydrogen) atoms. The van der Waals surface area contributed by atoms with Crippen LogP contribution in [0.3, 0.4) is 0 Å². The van der Waals surface area contributed by atoms with Gasteiger partial charge in [-0.1, -0.05) is 17.7 Å². The molecule has 1 aliphatic rings. The van der Waals surface area contributed by atoms with Crippen LogP contribution in [0.2, 0.25) is 0 Å². The summed E-state index contributed by atoms with van der Waals surface area (Å²) in [6, 6.07) is 14.4. The third kappa shape index (κ3) is 4.80. The summed E-state index contributed by atoms with van der Waals surface area (Å²) in [5.41, 5.74) is 4.46. The summed E-state index contributed by atoms with van der Waals surface area (Å²) in [7, 11) is 0. The lowest BCUT2D eigenvalue weighted by atomic mass is 10.2. The van der Waals surface area contributed by atoms with Gasteiger partial charge in [0.2, 0.25) is 5.91 Å². The first kappa shape index (κ1) is 18.8. The Balaban J connectivity index is 1.58. The summed E-state index contributed by atoms with van der Waals surface area (Å²) in [5, 5.41) is 2.86. The van der Waals surface area contributed by atoms with Crippen molar-refractivity contribution in [1.82, 2.24) is 0 Å². The molecule has 0 aromatic heterocycles. The topological polar surface area (TPSA) is 41.6 Å². The van der Waals surface area contributed by atoms with E-state index in [1.54, 1.807) is 11.8 Å². The zero-order chi connectivity index (χ0) is 18.5. The van der Waals surface area contributed by atoms with Gasteiger partial charge < -0.3 is 15.0 Å². The van der Waals surface area contributed by atoms with Gasteiger partial charge in [0.25, 0.3) is 0 Å². The molecule has 0 unspecified atom stereocenters.